The van der Waals surface area contributed by atoms with Crippen LogP contribution in [0.1, 0.15) is 10.6 Å². The Morgan fingerprint density at radius 3 is 2.79 bits per heavy atom. The summed E-state index contributed by atoms with van der Waals surface area (Å²) in [5.41, 5.74) is -1.00. The Morgan fingerprint density at radius 1 is 1.42 bits per heavy atom. The second-order valence-corrected chi connectivity index (χ2v) is 4.78. The molecule has 2 rings (SSSR count). The van der Waals surface area contributed by atoms with Crippen molar-refractivity contribution in [2.75, 3.05) is 0 Å². The van der Waals surface area contributed by atoms with Gasteiger partial charge in [-0.15, -0.1) is 11.3 Å². The van der Waals surface area contributed by atoms with Gasteiger partial charge in [0.1, 0.15) is 6.54 Å². The minimum atomic E-state index is -4.49. The number of nitrogens with one attached hydrogen (secondary N) is 1. The lowest BCUT2D eigenvalue weighted by atomic mass is 10.4. The van der Waals surface area contributed by atoms with E-state index in [0.29, 0.717) is 6.54 Å². The fourth-order valence-corrected chi connectivity index (χ4v) is 2.05. The van der Waals surface area contributed by atoms with Crippen LogP contribution in [0.3, 0.4) is 0 Å². The number of carbonyl (C=O) groups is 1. The third kappa shape index (κ3) is 3.82. The molecule has 0 fully saturated rings. The standard InChI is InChI=1S/C11H10F3N3OS/c12-11(13,14)9-3-4-17(16-9)7-10(18)15-6-8-2-1-5-19-8/h1-5H,6-7H2,(H,15,18). The minimum Gasteiger partial charge on any atom is -0.350 e. The summed E-state index contributed by atoms with van der Waals surface area (Å²) in [6.45, 7) is 0.130. The fourth-order valence-electron chi connectivity index (χ4n) is 1.40. The van der Waals surface area contributed by atoms with E-state index in [0.717, 1.165) is 21.8 Å². The molecule has 19 heavy (non-hydrogen) atoms. The van der Waals surface area contributed by atoms with Gasteiger partial charge in [0, 0.05) is 11.1 Å². The Labute approximate surface area is 110 Å². The van der Waals surface area contributed by atoms with Crippen LogP contribution in [0.15, 0.2) is 29.8 Å². The van der Waals surface area contributed by atoms with E-state index in [9.17, 15) is 18.0 Å². The molecule has 0 saturated heterocycles. The number of halogens is 3. The molecule has 0 saturated carbocycles. The molecule has 2 aromatic heterocycles. The summed E-state index contributed by atoms with van der Waals surface area (Å²) < 4.78 is 37.9. The van der Waals surface area contributed by atoms with Crippen molar-refractivity contribution in [1.82, 2.24) is 15.1 Å². The number of carbonyl (C=O) groups excluding carboxylic acids is 1. The molecule has 0 unspecified atom stereocenters. The van der Waals surface area contributed by atoms with Crippen molar-refractivity contribution in [3.05, 3.63) is 40.3 Å². The minimum absolute atomic E-state index is 0.235. The van der Waals surface area contributed by atoms with E-state index in [1.165, 1.54) is 11.3 Å². The van der Waals surface area contributed by atoms with Crippen molar-refractivity contribution in [2.24, 2.45) is 0 Å². The summed E-state index contributed by atoms with van der Waals surface area (Å²) in [5.74, 6) is -0.384. The van der Waals surface area contributed by atoms with Crippen molar-refractivity contribution in [3.8, 4) is 0 Å². The van der Waals surface area contributed by atoms with Gasteiger partial charge < -0.3 is 5.32 Å². The number of rotatable bonds is 4. The Kier molecular flexibility index (Phi) is 3.89. The zero-order valence-corrected chi connectivity index (χ0v) is 10.5. The monoisotopic (exact) mass is 289 g/mol. The van der Waals surface area contributed by atoms with E-state index in [4.69, 9.17) is 0 Å². The highest BCUT2D eigenvalue weighted by molar-refractivity contribution is 7.09. The number of hydrogen-bond acceptors (Lipinski definition) is 3. The van der Waals surface area contributed by atoms with E-state index < -0.39 is 11.9 Å². The van der Waals surface area contributed by atoms with Gasteiger partial charge in [-0.3, -0.25) is 9.48 Å². The summed E-state index contributed by atoms with van der Waals surface area (Å²) >= 11 is 1.49. The number of thiophene rings is 1. The lowest BCUT2D eigenvalue weighted by Crippen LogP contribution is -2.27. The fraction of sp³-hybridized carbons (Fsp3) is 0.273. The second kappa shape index (κ2) is 5.43. The molecule has 102 valence electrons. The SMILES string of the molecule is O=C(Cn1ccc(C(F)(F)F)n1)NCc1cccs1. The van der Waals surface area contributed by atoms with Gasteiger partial charge in [0.2, 0.25) is 5.91 Å². The molecule has 1 amide bonds. The highest BCUT2D eigenvalue weighted by Gasteiger charge is 2.33. The molecule has 2 heterocycles. The van der Waals surface area contributed by atoms with Gasteiger partial charge in [-0.2, -0.15) is 18.3 Å². The number of hydrogen-bond donors (Lipinski definition) is 1. The highest BCUT2D eigenvalue weighted by Crippen LogP contribution is 2.27. The molecule has 0 aliphatic heterocycles. The molecule has 0 bridgehead atoms. The molecule has 0 aliphatic carbocycles. The van der Waals surface area contributed by atoms with Crippen LogP contribution < -0.4 is 5.32 Å². The third-order valence-electron chi connectivity index (χ3n) is 2.28. The molecule has 4 nitrogen and oxygen atoms in total. The van der Waals surface area contributed by atoms with Crippen molar-refractivity contribution in [1.29, 1.82) is 0 Å². The van der Waals surface area contributed by atoms with Crippen LogP contribution in [-0.4, -0.2) is 15.7 Å². The van der Waals surface area contributed by atoms with Crippen LogP contribution in [-0.2, 0) is 24.1 Å². The molecule has 8 heteroatoms. The smallest absolute Gasteiger partial charge is 0.350 e. The first-order valence-corrected chi connectivity index (χ1v) is 6.23. The van der Waals surface area contributed by atoms with Crippen LogP contribution >= 0.6 is 11.3 Å². The van der Waals surface area contributed by atoms with Gasteiger partial charge in [0.05, 0.1) is 6.54 Å². The van der Waals surface area contributed by atoms with E-state index in [1.54, 1.807) is 0 Å². The Hall–Kier alpha value is -1.83. The summed E-state index contributed by atoms with van der Waals surface area (Å²) in [6.07, 6.45) is -3.35. The number of amides is 1. The van der Waals surface area contributed by atoms with E-state index in [1.807, 2.05) is 17.5 Å². The molecule has 1 N–H and O–H groups in total. The first-order chi connectivity index (χ1) is 8.95. The maximum Gasteiger partial charge on any atom is 0.435 e. The average molecular weight is 289 g/mol. The average Bonchev–Trinajstić information content (AvgIpc) is 2.95. The first kappa shape index (κ1) is 13.6. The van der Waals surface area contributed by atoms with Crippen LogP contribution in [0.25, 0.3) is 0 Å². The van der Waals surface area contributed by atoms with Crippen LogP contribution in [0.5, 0.6) is 0 Å². The van der Waals surface area contributed by atoms with Gasteiger partial charge >= 0.3 is 6.18 Å². The Bertz CT molecular complexity index is 548. The van der Waals surface area contributed by atoms with Crippen LogP contribution in [0.4, 0.5) is 13.2 Å². The topological polar surface area (TPSA) is 46.9 Å². The molecule has 0 atom stereocenters. The molecular formula is C11H10F3N3OS. The maximum atomic E-state index is 12.3. The first-order valence-electron chi connectivity index (χ1n) is 5.35. The Morgan fingerprint density at radius 2 is 2.21 bits per heavy atom. The van der Waals surface area contributed by atoms with Gasteiger partial charge in [0.25, 0.3) is 0 Å². The quantitative estimate of drug-likeness (QED) is 0.938. The zero-order valence-electron chi connectivity index (χ0n) is 9.65. The lowest BCUT2D eigenvalue weighted by Gasteiger charge is -2.04. The summed E-state index contributed by atoms with van der Waals surface area (Å²) in [6, 6.07) is 4.56. The maximum absolute atomic E-state index is 12.3. The molecule has 0 spiro atoms. The summed E-state index contributed by atoms with van der Waals surface area (Å²) in [4.78, 5) is 12.5. The normalized spacial score (nSPS) is 11.5. The van der Waals surface area contributed by atoms with E-state index in [-0.39, 0.29) is 12.5 Å². The van der Waals surface area contributed by atoms with Crippen molar-refractivity contribution >= 4 is 17.2 Å². The number of nitrogens with zero attached hydrogens (tertiary/aromatic N) is 2. The number of alkyl halides is 3. The zero-order chi connectivity index (χ0) is 13.9. The molecule has 2 aromatic rings. The van der Waals surface area contributed by atoms with Crippen LogP contribution in [0.2, 0.25) is 0 Å². The lowest BCUT2D eigenvalue weighted by molar-refractivity contribution is -0.141. The molecule has 0 aliphatic rings. The van der Waals surface area contributed by atoms with Crippen molar-refractivity contribution in [3.63, 3.8) is 0 Å². The van der Waals surface area contributed by atoms with Crippen molar-refractivity contribution < 1.29 is 18.0 Å². The number of aromatic nitrogens is 2. The highest BCUT2D eigenvalue weighted by atomic mass is 32.1. The Balaban J connectivity index is 1.87. The predicted molar refractivity (Wildman–Crippen MR) is 63.4 cm³/mol. The van der Waals surface area contributed by atoms with Crippen LogP contribution in [0, 0.1) is 0 Å². The predicted octanol–water partition coefficient (Wildman–Crippen LogP) is 2.28. The summed E-state index contributed by atoms with van der Waals surface area (Å²) in [7, 11) is 0. The molecular weight excluding hydrogens is 279 g/mol. The second-order valence-electron chi connectivity index (χ2n) is 3.75. The van der Waals surface area contributed by atoms with Gasteiger partial charge in [-0.05, 0) is 17.5 Å². The molecule has 0 radical (unpaired) electrons. The summed E-state index contributed by atoms with van der Waals surface area (Å²) in [5, 5.41) is 7.79. The van der Waals surface area contributed by atoms with E-state index >= 15 is 0 Å². The molecule has 0 aromatic carbocycles. The van der Waals surface area contributed by atoms with Gasteiger partial charge in [-0.25, -0.2) is 0 Å². The largest absolute Gasteiger partial charge is 0.435 e. The van der Waals surface area contributed by atoms with E-state index in [2.05, 4.69) is 10.4 Å². The van der Waals surface area contributed by atoms with Crippen molar-refractivity contribution in [2.45, 2.75) is 19.3 Å². The van der Waals surface area contributed by atoms with Gasteiger partial charge in [0.15, 0.2) is 5.69 Å². The third-order valence-corrected chi connectivity index (χ3v) is 3.15. The van der Waals surface area contributed by atoms with Gasteiger partial charge in [-0.1, -0.05) is 6.07 Å².